The zero-order valence-electron chi connectivity index (χ0n) is 12.2. The van der Waals surface area contributed by atoms with E-state index in [1.54, 1.807) is 16.3 Å². The predicted octanol–water partition coefficient (Wildman–Crippen LogP) is 1.48. The van der Waals surface area contributed by atoms with Crippen molar-refractivity contribution in [2.75, 3.05) is 26.2 Å². The Labute approximate surface area is 129 Å². The standard InChI is InChI=1S/C15H21N5S/c1-2-4-13-12(14-5-3-10-21-14)11-18-15(20(13)16)19-8-6-17-7-9-19/h2-5,10-11,13,17H,6-9,16H2,1H3/b4-2+. The van der Waals surface area contributed by atoms with E-state index in [2.05, 4.69) is 38.8 Å². The smallest absolute Gasteiger partial charge is 0.216 e. The van der Waals surface area contributed by atoms with E-state index in [0.717, 1.165) is 37.7 Å². The van der Waals surface area contributed by atoms with Crippen LogP contribution >= 0.6 is 11.3 Å². The summed E-state index contributed by atoms with van der Waals surface area (Å²) in [6.07, 6.45) is 6.15. The zero-order valence-corrected chi connectivity index (χ0v) is 13.0. The minimum atomic E-state index is 0.0380. The molecule has 0 radical (unpaired) electrons. The molecule has 6 heteroatoms. The number of nitrogens with one attached hydrogen (secondary N) is 1. The Balaban J connectivity index is 1.92. The first-order valence-electron chi connectivity index (χ1n) is 7.25. The van der Waals surface area contributed by atoms with Gasteiger partial charge in [-0.25, -0.2) is 10.8 Å². The fourth-order valence-corrected chi connectivity index (χ4v) is 3.46. The first kappa shape index (κ1) is 14.3. The second-order valence-corrected chi connectivity index (χ2v) is 6.05. The van der Waals surface area contributed by atoms with E-state index in [1.165, 1.54) is 4.88 Å². The molecule has 1 unspecified atom stereocenters. The van der Waals surface area contributed by atoms with Crippen LogP contribution in [0.4, 0.5) is 0 Å². The number of piperazine rings is 1. The van der Waals surface area contributed by atoms with Gasteiger partial charge in [0.05, 0.1) is 6.04 Å². The highest BCUT2D eigenvalue weighted by atomic mass is 32.1. The molecule has 0 spiro atoms. The third-order valence-electron chi connectivity index (χ3n) is 3.75. The Morgan fingerprint density at radius 2 is 2.24 bits per heavy atom. The van der Waals surface area contributed by atoms with E-state index >= 15 is 0 Å². The van der Waals surface area contributed by atoms with Gasteiger partial charge < -0.3 is 10.2 Å². The quantitative estimate of drug-likeness (QED) is 0.642. The Kier molecular flexibility index (Phi) is 4.38. The van der Waals surface area contributed by atoms with Gasteiger partial charge in [-0.3, -0.25) is 5.01 Å². The van der Waals surface area contributed by atoms with Crippen LogP contribution in [0.1, 0.15) is 11.8 Å². The maximum atomic E-state index is 6.39. The van der Waals surface area contributed by atoms with Crippen LogP contribution in [-0.4, -0.2) is 48.1 Å². The van der Waals surface area contributed by atoms with Crippen molar-refractivity contribution in [1.82, 2.24) is 15.2 Å². The molecule has 1 atom stereocenters. The van der Waals surface area contributed by atoms with Crippen LogP contribution in [0.2, 0.25) is 0 Å². The normalized spacial score (nSPS) is 23.4. The fourth-order valence-electron chi connectivity index (χ4n) is 2.69. The van der Waals surface area contributed by atoms with Crippen LogP contribution in [0, 0.1) is 0 Å². The number of aliphatic imine (C=N–C) groups is 1. The van der Waals surface area contributed by atoms with Crippen LogP contribution in [0.25, 0.3) is 5.57 Å². The lowest BCUT2D eigenvalue weighted by atomic mass is 10.0. The molecule has 3 N–H and O–H groups in total. The Bertz CT molecular complexity index is 555. The summed E-state index contributed by atoms with van der Waals surface area (Å²) in [5.74, 6) is 7.25. The van der Waals surface area contributed by atoms with E-state index in [4.69, 9.17) is 5.84 Å². The molecule has 3 rings (SSSR count). The number of hydrogen-bond donors (Lipinski definition) is 2. The molecule has 1 aromatic heterocycles. The second-order valence-electron chi connectivity index (χ2n) is 5.11. The molecule has 0 bridgehead atoms. The van der Waals surface area contributed by atoms with Crippen LogP contribution in [-0.2, 0) is 0 Å². The van der Waals surface area contributed by atoms with Crippen molar-refractivity contribution in [1.29, 1.82) is 0 Å². The number of nitrogens with two attached hydrogens (primary N) is 1. The van der Waals surface area contributed by atoms with Gasteiger partial charge in [-0.15, -0.1) is 11.3 Å². The Hall–Kier alpha value is -1.63. The first-order chi connectivity index (χ1) is 10.3. The average molecular weight is 303 g/mol. The van der Waals surface area contributed by atoms with Crippen molar-refractivity contribution in [3.63, 3.8) is 0 Å². The largest absolute Gasteiger partial charge is 0.339 e. The Morgan fingerprint density at radius 3 is 2.90 bits per heavy atom. The van der Waals surface area contributed by atoms with E-state index in [9.17, 15) is 0 Å². The number of allylic oxidation sites excluding steroid dienone is 1. The van der Waals surface area contributed by atoms with Gasteiger partial charge in [0.25, 0.3) is 0 Å². The lowest BCUT2D eigenvalue weighted by Crippen LogP contribution is -2.57. The van der Waals surface area contributed by atoms with Crippen molar-refractivity contribution in [3.8, 4) is 0 Å². The van der Waals surface area contributed by atoms with Gasteiger partial charge in [0.2, 0.25) is 5.96 Å². The highest BCUT2D eigenvalue weighted by Gasteiger charge is 2.29. The Morgan fingerprint density at radius 1 is 1.43 bits per heavy atom. The molecule has 0 amide bonds. The lowest BCUT2D eigenvalue weighted by Gasteiger charge is -2.39. The van der Waals surface area contributed by atoms with E-state index in [-0.39, 0.29) is 6.04 Å². The van der Waals surface area contributed by atoms with Gasteiger partial charge in [-0.05, 0) is 18.4 Å². The number of hydrogen-bond acceptors (Lipinski definition) is 6. The highest BCUT2D eigenvalue weighted by molar-refractivity contribution is 7.11. The van der Waals surface area contributed by atoms with E-state index in [1.807, 2.05) is 19.2 Å². The molecule has 0 saturated carbocycles. The average Bonchev–Trinajstić information content (AvgIpc) is 3.04. The van der Waals surface area contributed by atoms with Crippen LogP contribution in [0.5, 0.6) is 0 Å². The summed E-state index contributed by atoms with van der Waals surface area (Å²) in [5, 5.41) is 7.23. The molecule has 0 aliphatic carbocycles. The van der Waals surface area contributed by atoms with Crippen molar-refractivity contribution in [2.45, 2.75) is 13.0 Å². The van der Waals surface area contributed by atoms with Crippen molar-refractivity contribution in [3.05, 3.63) is 40.7 Å². The molecular formula is C15H21N5S. The third kappa shape index (κ3) is 2.88. The molecule has 2 aliphatic heterocycles. The molecule has 0 aromatic carbocycles. The molecule has 3 heterocycles. The summed E-state index contributed by atoms with van der Waals surface area (Å²) in [7, 11) is 0. The summed E-state index contributed by atoms with van der Waals surface area (Å²) in [6, 6.07) is 4.21. The van der Waals surface area contributed by atoms with E-state index in [0.29, 0.717) is 0 Å². The molecule has 112 valence electrons. The highest BCUT2D eigenvalue weighted by Crippen LogP contribution is 2.29. The van der Waals surface area contributed by atoms with Gasteiger partial charge in [-0.1, -0.05) is 18.2 Å². The van der Waals surface area contributed by atoms with Gasteiger partial charge in [-0.2, -0.15) is 0 Å². The van der Waals surface area contributed by atoms with Crippen molar-refractivity contribution in [2.24, 2.45) is 10.8 Å². The summed E-state index contributed by atoms with van der Waals surface area (Å²) in [5.41, 5.74) is 1.16. The monoisotopic (exact) mass is 303 g/mol. The topological polar surface area (TPSA) is 56.9 Å². The maximum absolute atomic E-state index is 6.39. The summed E-state index contributed by atoms with van der Waals surface area (Å²) < 4.78 is 0. The van der Waals surface area contributed by atoms with Gasteiger partial charge in [0.15, 0.2) is 0 Å². The third-order valence-corrected chi connectivity index (χ3v) is 4.67. The van der Waals surface area contributed by atoms with Crippen LogP contribution in [0.15, 0.2) is 40.9 Å². The lowest BCUT2D eigenvalue weighted by molar-refractivity contribution is 0.286. The van der Waals surface area contributed by atoms with Crippen LogP contribution in [0.3, 0.4) is 0 Å². The summed E-state index contributed by atoms with van der Waals surface area (Å²) in [4.78, 5) is 8.09. The number of thiophene rings is 1. The number of hydrazine groups is 1. The van der Waals surface area contributed by atoms with Gasteiger partial charge in [0, 0.05) is 42.8 Å². The van der Waals surface area contributed by atoms with Crippen molar-refractivity contribution >= 4 is 22.9 Å². The minimum Gasteiger partial charge on any atom is -0.339 e. The van der Waals surface area contributed by atoms with Crippen LogP contribution < -0.4 is 11.2 Å². The van der Waals surface area contributed by atoms with Crippen molar-refractivity contribution < 1.29 is 0 Å². The van der Waals surface area contributed by atoms with Gasteiger partial charge >= 0.3 is 0 Å². The summed E-state index contributed by atoms with van der Waals surface area (Å²) in [6.45, 7) is 5.86. The molecule has 5 nitrogen and oxygen atoms in total. The fraction of sp³-hybridized carbons (Fsp3) is 0.400. The second kappa shape index (κ2) is 6.43. The zero-order chi connectivity index (χ0) is 14.7. The minimum absolute atomic E-state index is 0.0380. The maximum Gasteiger partial charge on any atom is 0.216 e. The number of rotatable bonds is 2. The molecule has 1 aromatic rings. The van der Waals surface area contributed by atoms with E-state index < -0.39 is 0 Å². The summed E-state index contributed by atoms with van der Waals surface area (Å²) >= 11 is 1.72. The van der Waals surface area contributed by atoms with Gasteiger partial charge in [0.1, 0.15) is 0 Å². The molecule has 1 fully saturated rings. The predicted molar refractivity (Wildman–Crippen MR) is 88.8 cm³/mol. The molecule has 2 aliphatic rings. The number of guanidine groups is 1. The SMILES string of the molecule is C/C=C/C1C(c2cccs2)=CN=C(N2CCNCC2)N1N. The molecular weight excluding hydrogens is 282 g/mol. The molecule has 21 heavy (non-hydrogen) atoms. The number of nitrogens with zero attached hydrogens (tertiary/aromatic N) is 3. The first-order valence-corrected chi connectivity index (χ1v) is 8.13. The molecule has 1 saturated heterocycles.